The van der Waals surface area contributed by atoms with Crippen LogP contribution in [-0.4, -0.2) is 51.2 Å². The van der Waals surface area contributed by atoms with Crippen molar-refractivity contribution in [2.24, 2.45) is 0 Å². The van der Waals surface area contributed by atoms with Crippen LogP contribution in [0, 0.1) is 0 Å². The number of nitrogens with one attached hydrogen (secondary N) is 2. The molecule has 3 rings (SSSR count). The highest BCUT2D eigenvalue weighted by atomic mass is 35.5. The van der Waals surface area contributed by atoms with E-state index in [4.69, 9.17) is 16.3 Å². The maximum Gasteiger partial charge on any atom is 0.291 e. The molecule has 2 atom stereocenters. The molecule has 1 saturated heterocycles. The van der Waals surface area contributed by atoms with Crippen LogP contribution in [-0.2, 0) is 4.74 Å². The molecule has 0 aromatic carbocycles. The van der Waals surface area contributed by atoms with Gasteiger partial charge in [-0.25, -0.2) is 14.1 Å². The molecule has 0 spiro atoms. The minimum absolute atomic E-state index is 0.0166. The van der Waals surface area contributed by atoms with Crippen LogP contribution in [0.2, 0.25) is 5.15 Å². The summed E-state index contributed by atoms with van der Waals surface area (Å²) in [4.78, 5) is 27.5. The first-order chi connectivity index (χ1) is 11.5. The van der Waals surface area contributed by atoms with E-state index in [1.54, 1.807) is 0 Å². The van der Waals surface area contributed by atoms with Crippen LogP contribution in [0.15, 0.2) is 24.5 Å². The average molecular weight is 355 g/mol. The quantitative estimate of drug-likeness (QED) is 0.606. The number of ether oxygens (including phenoxy) is 1. The molecule has 2 aromatic rings. The number of hydrogen-bond acceptors (Lipinski definition) is 6. The summed E-state index contributed by atoms with van der Waals surface area (Å²) in [7, 11) is 0. The molecule has 126 valence electrons. The Hall–Kier alpha value is -2.59. The Bertz CT molecular complexity index is 752. The van der Waals surface area contributed by atoms with Gasteiger partial charge in [-0.15, -0.1) is 5.10 Å². The number of halogens is 2. The molecule has 1 aliphatic rings. The second kappa shape index (κ2) is 6.89. The molecule has 3 heterocycles. The Morgan fingerprint density at radius 2 is 2.08 bits per heavy atom. The third kappa shape index (κ3) is 3.49. The van der Waals surface area contributed by atoms with E-state index in [1.807, 2.05) is 0 Å². The second-order valence-corrected chi connectivity index (χ2v) is 5.37. The lowest BCUT2D eigenvalue weighted by atomic mass is 10.2. The van der Waals surface area contributed by atoms with Gasteiger partial charge in [0.2, 0.25) is 0 Å². The first kappa shape index (κ1) is 16.3. The van der Waals surface area contributed by atoms with Crippen LogP contribution in [0.3, 0.4) is 0 Å². The van der Waals surface area contributed by atoms with Gasteiger partial charge in [0.05, 0.1) is 25.0 Å². The summed E-state index contributed by atoms with van der Waals surface area (Å²) in [5.74, 6) is -1.27. The number of rotatable bonds is 3. The predicted molar refractivity (Wildman–Crippen MR) is 79.0 cm³/mol. The summed E-state index contributed by atoms with van der Waals surface area (Å²) in [6.45, 7) is 0.142. The van der Waals surface area contributed by atoms with E-state index in [-0.39, 0.29) is 29.6 Å². The van der Waals surface area contributed by atoms with Crippen molar-refractivity contribution in [1.82, 2.24) is 30.8 Å². The van der Waals surface area contributed by atoms with Crippen molar-refractivity contribution in [2.45, 2.75) is 12.2 Å². The van der Waals surface area contributed by atoms with Crippen molar-refractivity contribution in [3.63, 3.8) is 0 Å². The second-order valence-electron chi connectivity index (χ2n) is 4.98. The molecule has 11 heteroatoms. The fraction of sp³-hybridized carbons (Fsp3) is 0.308. The van der Waals surface area contributed by atoms with E-state index < -0.39 is 24.0 Å². The van der Waals surface area contributed by atoms with Crippen molar-refractivity contribution in [3.8, 4) is 0 Å². The molecule has 2 aromatic heterocycles. The number of hydrazine groups is 1. The summed E-state index contributed by atoms with van der Waals surface area (Å²) in [5.41, 5.74) is 4.54. The van der Waals surface area contributed by atoms with Gasteiger partial charge in [-0.05, 0) is 12.1 Å². The Balaban J connectivity index is 1.58. The van der Waals surface area contributed by atoms with Crippen molar-refractivity contribution in [1.29, 1.82) is 0 Å². The number of amides is 2. The summed E-state index contributed by atoms with van der Waals surface area (Å²) in [6, 6.07) is 2.28. The van der Waals surface area contributed by atoms with Crippen molar-refractivity contribution < 1.29 is 18.7 Å². The molecule has 9 nitrogen and oxygen atoms in total. The largest absolute Gasteiger partial charge is 0.376 e. The van der Waals surface area contributed by atoms with Gasteiger partial charge in [0.25, 0.3) is 11.8 Å². The van der Waals surface area contributed by atoms with Gasteiger partial charge in [-0.3, -0.25) is 20.4 Å². The van der Waals surface area contributed by atoms with Crippen molar-refractivity contribution >= 4 is 23.4 Å². The van der Waals surface area contributed by atoms with Gasteiger partial charge in [0, 0.05) is 6.20 Å². The van der Waals surface area contributed by atoms with E-state index >= 15 is 0 Å². The van der Waals surface area contributed by atoms with E-state index in [0.29, 0.717) is 0 Å². The molecule has 1 fully saturated rings. The Morgan fingerprint density at radius 1 is 1.29 bits per heavy atom. The van der Waals surface area contributed by atoms with Gasteiger partial charge >= 0.3 is 0 Å². The number of alkyl halides is 1. The smallest absolute Gasteiger partial charge is 0.291 e. The van der Waals surface area contributed by atoms with Crippen LogP contribution in [0.1, 0.15) is 26.9 Å². The Morgan fingerprint density at radius 3 is 2.75 bits per heavy atom. The lowest BCUT2D eigenvalue weighted by molar-refractivity contribution is 0.0843. The molecular formula is C13H12ClFN6O3. The molecule has 24 heavy (non-hydrogen) atoms. The first-order valence-corrected chi connectivity index (χ1v) is 7.28. The molecule has 0 radical (unpaired) electrons. The summed E-state index contributed by atoms with van der Waals surface area (Å²) >= 11 is 5.62. The van der Waals surface area contributed by atoms with E-state index in [9.17, 15) is 14.0 Å². The Kier molecular flexibility index (Phi) is 4.67. The van der Waals surface area contributed by atoms with Gasteiger partial charge < -0.3 is 4.74 Å². The average Bonchev–Trinajstić information content (AvgIpc) is 3.21. The van der Waals surface area contributed by atoms with Gasteiger partial charge in [-0.2, -0.15) is 0 Å². The molecule has 2 amide bonds. The van der Waals surface area contributed by atoms with E-state index in [1.165, 1.54) is 29.2 Å². The van der Waals surface area contributed by atoms with E-state index in [2.05, 4.69) is 26.1 Å². The maximum atomic E-state index is 13.6. The number of nitrogens with zero attached hydrogens (tertiary/aromatic N) is 4. The fourth-order valence-electron chi connectivity index (χ4n) is 2.06. The highest BCUT2D eigenvalue weighted by molar-refractivity contribution is 6.29. The number of pyridine rings is 1. The predicted octanol–water partition coefficient (Wildman–Crippen LogP) is 0.311. The minimum atomic E-state index is -1.21. The zero-order chi connectivity index (χ0) is 17.1. The number of hydrogen-bond donors (Lipinski definition) is 2. The number of carbonyl (C=O) groups excluding carboxylic acids is 2. The van der Waals surface area contributed by atoms with Crippen LogP contribution >= 0.6 is 11.6 Å². The zero-order valence-electron chi connectivity index (χ0n) is 12.1. The van der Waals surface area contributed by atoms with Gasteiger partial charge in [0.15, 0.2) is 5.69 Å². The third-order valence-electron chi connectivity index (χ3n) is 3.35. The molecule has 2 N–H and O–H groups in total. The fourth-order valence-corrected chi connectivity index (χ4v) is 2.17. The standard InChI is InChI=1S/C13H12ClFN6O3/c14-11-2-1-7(3-16-11)12(22)18-19-13(23)9-4-21(20-17-9)10-6-24-5-8(10)15/h1-4,8,10H,5-6H2,(H,18,22)(H,19,23)/t8-,10+/m1/s1. The molecule has 0 unspecified atom stereocenters. The zero-order valence-corrected chi connectivity index (χ0v) is 12.9. The van der Waals surface area contributed by atoms with Gasteiger partial charge in [-0.1, -0.05) is 16.8 Å². The van der Waals surface area contributed by atoms with E-state index in [0.717, 1.165) is 0 Å². The van der Waals surface area contributed by atoms with Gasteiger partial charge in [0.1, 0.15) is 17.4 Å². The molecular weight excluding hydrogens is 343 g/mol. The highest BCUT2D eigenvalue weighted by Crippen LogP contribution is 2.21. The highest BCUT2D eigenvalue weighted by Gasteiger charge is 2.31. The van der Waals surface area contributed by atoms with Crippen molar-refractivity contribution in [3.05, 3.63) is 40.9 Å². The number of aromatic nitrogens is 4. The van der Waals surface area contributed by atoms with Crippen LogP contribution < -0.4 is 10.9 Å². The SMILES string of the molecule is O=C(NNC(=O)c1cn([C@H]2COC[C@H]2F)nn1)c1ccc(Cl)nc1. The lowest BCUT2D eigenvalue weighted by Crippen LogP contribution is -2.41. The van der Waals surface area contributed by atoms with Crippen LogP contribution in [0.4, 0.5) is 4.39 Å². The minimum Gasteiger partial charge on any atom is -0.376 e. The van der Waals surface area contributed by atoms with Crippen molar-refractivity contribution in [2.75, 3.05) is 13.2 Å². The Labute approximate surface area is 140 Å². The maximum absolute atomic E-state index is 13.6. The molecule has 0 saturated carbocycles. The monoisotopic (exact) mass is 354 g/mol. The molecule has 0 aliphatic carbocycles. The van der Waals surface area contributed by atoms with Crippen LogP contribution in [0.25, 0.3) is 0 Å². The van der Waals surface area contributed by atoms with Crippen LogP contribution in [0.5, 0.6) is 0 Å². The summed E-state index contributed by atoms with van der Waals surface area (Å²) in [5, 5.41) is 7.61. The molecule has 1 aliphatic heterocycles. The molecule has 0 bridgehead atoms. The summed E-state index contributed by atoms with van der Waals surface area (Å²) < 4.78 is 19.8. The summed E-state index contributed by atoms with van der Waals surface area (Å²) in [6.07, 6.45) is 1.35. The lowest BCUT2D eigenvalue weighted by Gasteiger charge is -2.09. The number of carbonyl (C=O) groups is 2. The topological polar surface area (TPSA) is 111 Å². The normalized spacial score (nSPS) is 19.9. The first-order valence-electron chi connectivity index (χ1n) is 6.90. The third-order valence-corrected chi connectivity index (χ3v) is 3.57.